The van der Waals surface area contributed by atoms with E-state index in [1.165, 1.54) is 23.9 Å². The number of para-hydroxylation sites is 1. The number of benzene rings is 2. The quantitative estimate of drug-likeness (QED) is 0.393. The number of nitro groups is 1. The lowest BCUT2D eigenvalue weighted by atomic mass is 10.1. The van der Waals surface area contributed by atoms with Crippen LogP contribution in [0.1, 0.15) is 17.7 Å². The van der Waals surface area contributed by atoms with Crippen LogP contribution < -0.4 is 5.73 Å². The van der Waals surface area contributed by atoms with Crippen LogP contribution in [0.15, 0.2) is 53.4 Å². The number of hydrogen-bond donors (Lipinski definition) is 1. The van der Waals surface area contributed by atoms with Gasteiger partial charge in [-0.15, -0.1) is 11.8 Å². The highest BCUT2D eigenvalue weighted by Crippen LogP contribution is 2.40. The minimum Gasteiger partial charge on any atom is -0.398 e. The van der Waals surface area contributed by atoms with Crippen molar-refractivity contribution in [2.45, 2.75) is 23.1 Å². The molecule has 0 spiro atoms. The predicted molar refractivity (Wildman–Crippen MR) is 82.3 cm³/mol. The second-order valence-corrected chi connectivity index (χ2v) is 5.84. The summed E-state index contributed by atoms with van der Waals surface area (Å²) in [4.78, 5) is 11.6. The zero-order valence-corrected chi connectivity index (χ0v) is 12.2. The summed E-state index contributed by atoms with van der Waals surface area (Å²) in [5.74, 6) is -0.365. The van der Waals surface area contributed by atoms with E-state index < -0.39 is 11.3 Å². The zero-order valence-electron chi connectivity index (χ0n) is 11.4. The number of halogens is 1. The Balaban J connectivity index is 2.35. The van der Waals surface area contributed by atoms with E-state index in [1.54, 1.807) is 25.1 Å². The molecule has 0 aliphatic rings. The molecule has 0 fully saturated rings. The molecule has 0 radical (unpaired) electrons. The number of nitrogens with two attached hydrogens (primary N) is 1. The van der Waals surface area contributed by atoms with E-state index in [0.29, 0.717) is 11.3 Å². The van der Waals surface area contributed by atoms with Gasteiger partial charge in [-0.25, -0.2) is 4.39 Å². The first-order valence-corrected chi connectivity index (χ1v) is 7.27. The molecule has 0 amide bonds. The van der Waals surface area contributed by atoms with Crippen molar-refractivity contribution in [3.05, 3.63) is 70.0 Å². The lowest BCUT2D eigenvalue weighted by Crippen LogP contribution is -2.22. The molecule has 0 heterocycles. The molecule has 0 aromatic heterocycles. The maximum absolute atomic E-state index is 13.0. The van der Waals surface area contributed by atoms with Gasteiger partial charge in [0, 0.05) is 22.4 Å². The second-order valence-electron chi connectivity index (χ2n) is 4.65. The fourth-order valence-corrected chi connectivity index (χ4v) is 3.16. The van der Waals surface area contributed by atoms with Crippen molar-refractivity contribution in [2.75, 3.05) is 5.73 Å². The first-order chi connectivity index (χ1) is 9.99. The van der Waals surface area contributed by atoms with Gasteiger partial charge in [-0.3, -0.25) is 10.1 Å². The molecule has 0 bridgehead atoms. The predicted octanol–water partition coefficient (Wildman–Crippen LogP) is 3.91. The largest absolute Gasteiger partial charge is 0.398 e. The summed E-state index contributed by atoms with van der Waals surface area (Å²) in [6, 6.07) is 12.2. The van der Waals surface area contributed by atoms with Gasteiger partial charge in [0.2, 0.25) is 6.04 Å². The molecule has 0 unspecified atom stereocenters. The molecule has 2 N–H and O–H groups in total. The van der Waals surface area contributed by atoms with Crippen LogP contribution in [-0.4, -0.2) is 11.0 Å². The van der Waals surface area contributed by atoms with Crippen molar-refractivity contribution < 1.29 is 9.31 Å². The Morgan fingerprint density at radius 3 is 2.38 bits per heavy atom. The molecule has 4 nitrogen and oxygen atoms in total. The Morgan fingerprint density at radius 2 is 1.81 bits per heavy atom. The molecule has 2 aromatic carbocycles. The Morgan fingerprint density at radius 1 is 1.19 bits per heavy atom. The second kappa shape index (κ2) is 6.58. The molecular weight excluding hydrogens is 291 g/mol. The summed E-state index contributed by atoms with van der Waals surface area (Å²) >= 11 is 1.32. The fourth-order valence-electron chi connectivity index (χ4n) is 1.93. The SMILES string of the molecule is C[C@H]([C@H](Sc1ccccc1N)c1ccc(F)cc1)[N+](=O)[O-]. The molecule has 2 rings (SSSR count). The van der Waals surface area contributed by atoms with Crippen LogP contribution in [0.25, 0.3) is 0 Å². The highest BCUT2D eigenvalue weighted by atomic mass is 32.2. The summed E-state index contributed by atoms with van der Waals surface area (Å²) < 4.78 is 13.0. The average Bonchev–Trinajstić information content (AvgIpc) is 2.47. The Kier molecular flexibility index (Phi) is 4.80. The number of hydrogen-bond acceptors (Lipinski definition) is 4. The van der Waals surface area contributed by atoms with E-state index in [1.807, 2.05) is 18.2 Å². The smallest absolute Gasteiger partial charge is 0.226 e. The van der Waals surface area contributed by atoms with E-state index in [2.05, 4.69) is 0 Å². The van der Waals surface area contributed by atoms with Crippen LogP contribution >= 0.6 is 11.8 Å². The van der Waals surface area contributed by atoms with Crippen LogP contribution in [0.3, 0.4) is 0 Å². The molecule has 2 aromatic rings. The number of thioether (sulfide) groups is 1. The minimum atomic E-state index is -0.819. The van der Waals surface area contributed by atoms with Gasteiger partial charge < -0.3 is 5.73 Å². The van der Waals surface area contributed by atoms with Crippen molar-refractivity contribution in [2.24, 2.45) is 0 Å². The van der Waals surface area contributed by atoms with E-state index >= 15 is 0 Å². The minimum absolute atomic E-state index is 0.333. The van der Waals surface area contributed by atoms with E-state index in [4.69, 9.17) is 5.73 Å². The zero-order chi connectivity index (χ0) is 15.4. The molecule has 0 aliphatic heterocycles. The fraction of sp³-hybridized carbons (Fsp3) is 0.200. The van der Waals surface area contributed by atoms with Crippen LogP contribution in [0.2, 0.25) is 0 Å². The topological polar surface area (TPSA) is 69.2 Å². The molecule has 0 aliphatic carbocycles. The highest BCUT2D eigenvalue weighted by molar-refractivity contribution is 7.99. The van der Waals surface area contributed by atoms with Gasteiger partial charge in [-0.2, -0.15) is 0 Å². The Bertz CT molecular complexity index is 634. The standard InChI is InChI=1S/C15H15FN2O2S/c1-10(18(19)20)15(11-6-8-12(16)9-7-11)21-14-5-3-2-4-13(14)17/h2-10,15H,17H2,1H3/t10-,15+/m1/s1. The van der Waals surface area contributed by atoms with Gasteiger partial charge in [-0.1, -0.05) is 24.3 Å². The average molecular weight is 306 g/mol. The van der Waals surface area contributed by atoms with E-state index in [9.17, 15) is 14.5 Å². The maximum atomic E-state index is 13.0. The highest BCUT2D eigenvalue weighted by Gasteiger charge is 2.29. The molecule has 0 saturated heterocycles. The van der Waals surface area contributed by atoms with Gasteiger partial charge in [-0.05, 0) is 29.8 Å². The van der Waals surface area contributed by atoms with Crippen LogP contribution in [0.4, 0.5) is 10.1 Å². The number of nitrogens with zero attached hydrogens (tertiary/aromatic N) is 1. The van der Waals surface area contributed by atoms with Gasteiger partial charge in [0.05, 0.1) is 0 Å². The molecular formula is C15H15FN2O2S. The van der Waals surface area contributed by atoms with Gasteiger partial charge in [0.15, 0.2) is 0 Å². The Labute approximate surface area is 126 Å². The lowest BCUT2D eigenvalue weighted by Gasteiger charge is -2.19. The summed E-state index contributed by atoms with van der Waals surface area (Å²) in [5, 5.41) is 10.7. The summed E-state index contributed by atoms with van der Waals surface area (Å²) in [7, 11) is 0. The van der Waals surface area contributed by atoms with Crippen LogP contribution in [0.5, 0.6) is 0 Å². The monoisotopic (exact) mass is 306 g/mol. The summed E-state index contributed by atoms with van der Waals surface area (Å²) in [6.07, 6.45) is 0. The third-order valence-electron chi connectivity index (χ3n) is 3.14. The molecule has 6 heteroatoms. The molecule has 2 atom stereocenters. The van der Waals surface area contributed by atoms with E-state index in [0.717, 1.165) is 4.90 Å². The number of anilines is 1. The maximum Gasteiger partial charge on any atom is 0.226 e. The van der Waals surface area contributed by atoms with Crippen molar-refractivity contribution in [3.8, 4) is 0 Å². The third kappa shape index (κ3) is 3.72. The molecule has 21 heavy (non-hydrogen) atoms. The van der Waals surface area contributed by atoms with Crippen LogP contribution in [-0.2, 0) is 0 Å². The van der Waals surface area contributed by atoms with Gasteiger partial charge >= 0.3 is 0 Å². The van der Waals surface area contributed by atoms with Gasteiger partial charge in [0.25, 0.3) is 0 Å². The van der Waals surface area contributed by atoms with Crippen LogP contribution in [0, 0.1) is 15.9 Å². The summed E-state index contributed by atoms with van der Waals surface area (Å²) in [6.45, 7) is 1.54. The number of rotatable bonds is 5. The first-order valence-electron chi connectivity index (χ1n) is 6.39. The number of nitrogen functional groups attached to an aromatic ring is 1. The van der Waals surface area contributed by atoms with Crippen molar-refractivity contribution in [1.29, 1.82) is 0 Å². The molecule has 0 saturated carbocycles. The van der Waals surface area contributed by atoms with Crippen molar-refractivity contribution >= 4 is 17.4 Å². The van der Waals surface area contributed by atoms with Gasteiger partial charge in [0.1, 0.15) is 11.1 Å². The first kappa shape index (κ1) is 15.3. The van der Waals surface area contributed by atoms with Crippen molar-refractivity contribution in [1.82, 2.24) is 0 Å². The summed E-state index contributed by atoms with van der Waals surface area (Å²) in [5.41, 5.74) is 7.17. The normalized spacial score (nSPS) is 13.6. The van der Waals surface area contributed by atoms with E-state index in [-0.39, 0.29) is 10.7 Å². The Hall–Kier alpha value is -2.08. The third-order valence-corrected chi connectivity index (χ3v) is 4.69. The lowest BCUT2D eigenvalue weighted by molar-refractivity contribution is -0.518. The molecule has 110 valence electrons. The van der Waals surface area contributed by atoms with Crippen molar-refractivity contribution in [3.63, 3.8) is 0 Å².